The highest BCUT2D eigenvalue weighted by Crippen LogP contribution is 2.53. The van der Waals surface area contributed by atoms with Gasteiger partial charge in [-0.2, -0.15) is 10.5 Å². The molecule has 102 heavy (non-hydrogen) atoms. The van der Waals surface area contributed by atoms with Crippen LogP contribution in [-0.4, -0.2) is 199 Å². The van der Waals surface area contributed by atoms with E-state index >= 15 is 0 Å². The third-order valence-electron chi connectivity index (χ3n) is 17.3. The molecule has 6 aliphatic rings. The maximum Gasteiger partial charge on any atom is 0.407 e. The lowest BCUT2D eigenvalue weighted by Gasteiger charge is -2.35. The van der Waals surface area contributed by atoms with E-state index in [1.54, 1.807) is 0 Å². The van der Waals surface area contributed by atoms with Crippen molar-refractivity contribution in [3.63, 3.8) is 0 Å². The Morgan fingerprint density at radius 1 is 0.549 bits per heavy atom. The van der Waals surface area contributed by atoms with Crippen LogP contribution < -0.4 is 21.3 Å². The first-order valence-electron chi connectivity index (χ1n) is 36.6. The number of hydrogen-bond donors (Lipinski definition) is 4. The Morgan fingerprint density at radius 3 is 1.37 bits per heavy atom. The predicted octanol–water partition coefficient (Wildman–Crippen LogP) is 10.6. The largest absolute Gasteiger partial charge is 0.449 e. The van der Waals surface area contributed by atoms with Crippen molar-refractivity contribution < 1.29 is 84.5 Å². The summed E-state index contributed by atoms with van der Waals surface area (Å²) in [5.41, 5.74) is -1.35. The van der Waals surface area contributed by atoms with E-state index in [0.29, 0.717) is 185 Å². The molecule has 2 saturated carbocycles. The summed E-state index contributed by atoms with van der Waals surface area (Å²) in [7, 11) is -2.56. The van der Waals surface area contributed by atoms with Crippen LogP contribution in [0.4, 0.5) is 14.0 Å². The lowest BCUT2D eigenvalue weighted by molar-refractivity contribution is -0.197. The zero-order valence-electron chi connectivity index (χ0n) is 61.8. The molecule has 0 spiro atoms. The number of nitriles is 2. The van der Waals surface area contributed by atoms with Gasteiger partial charge in [0.15, 0.2) is 0 Å². The fourth-order valence-corrected chi connectivity index (χ4v) is 15.3. The molecule has 26 nitrogen and oxygen atoms in total. The van der Waals surface area contributed by atoms with E-state index < -0.39 is 52.5 Å². The Morgan fingerprint density at radius 2 is 0.951 bits per heavy atom. The smallest absolute Gasteiger partial charge is 0.407 e. The van der Waals surface area contributed by atoms with Crippen LogP contribution in [0, 0.1) is 93.7 Å². The number of ether oxygens (including phenoxy) is 6. The Bertz CT molecular complexity index is 2750. The Hall–Kier alpha value is -5.79. The van der Waals surface area contributed by atoms with Gasteiger partial charge >= 0.3 is 18.2 Å². The first-order chi connectivity index (χ1) is 49.2. The van der Waals surface area contributed by atoms with E-state index in [-0.39, 0.29) is 69.1 Å². The molecular weight excluding hydrogens is 1360 g/mol. The summed E-state index contributed by atoms with van der Waals surface area (Å²) in [6.45, 7) is 27.5. The van der Waals surface area contributed by atoms with E-state index in [1.807, 2.05) is 0 Å². The van der Waals surface area contributed by atoms with Crippen molar-refractivity contribution in [3.8, 4) is 47.7 Å². The van der Waals surface area contributed by atoms with Crippen LogP contribution >= 0.6 is 17.1 Å². The Kier molecular flexibility index (Phi) is 45.4. The number of alkyl carbamates (subject to hydrolysis) is 2. The second kappa shape index (κ2) is 52.2. The van der Waals surface area contributed by atoms with Crippen molar-refractivity contribution >= 4 is 52.9 Å². The van der Waals surface area contributed by atoms with Gasteiger partial charge in [-0.1, -0.05) is 24.8 Å². The number of carbonyl (C=O) groups is 6. The highest BCUT2D eigenvalue weighted by molar-refractivity contribution is 7.44. The van der Waals surface area contributed by atoms with Gasteiger partial charge in [-0.25, -0.2) is 28.1 Å². The number of fused-ring (bicyclic) bond motifs is 2. The molecule has 0 aromatic heterocycles. The molecule has 3 fully saturated rings. The third kappa shape index (κ3) is 36.3. The summed E-state index contributed by atoms with van der Waals surface area (Å²) < 4.78 is 75.4. The van der Waals surface area contributed by atoms with Crippen LogP contribution in [-0.2, 0) is 70.5 Å². The molecule has 1 aliphatic heterocycles. The Labute approximate surface area is 608 Å². The first-order valence-corrected chi connectivity index (χ1v) is 38.9. The number of carbonyl (C=O) groups excluding carboxylic acids is 6. The average Bonchev–Trinajstić information content (AvgIpc) is 1.63. The van der Waals surface area contributed by atoms with Gasteiger partial charge < -0.3 is 72.6 Å². The molecule has 5 unspecified atom stereocenters. The molecule has 5 aliphatic carbocycles. The lowest BCUT2D eigenvalue weighted by Crippen LogP contribution is -2.44. The number of imide groups is 1. The fraction of sp³-hybridized carbons (Fsp3) is 0.781. The van der Waals surface area contributed by atoms with Crippen LogP contribution in [0.2, 0.25) is 0 Å². The van der Waals surface area contributed by atoms with Crippen LogP contribution in [0.3, 0.4) is 0 Å². The molecule has 0 bridgehead atoms. The van der Waals surface area contributed by atoms with Gasteiger partial charge in [0.25, 0.3) is 34.8 Å². The van der Waals surface area contributed by atoms with Crippen molar-refractivity contribution in [1.29, 1.82) is 10.5 Å². The first kappa shape index (κ1) is 88.6. The fourth-order valence-electron chi connectivity index (χ4n) is 12.2. The van der Waals surface area contributed by atoms with E-state index in [4.69, 9.17) is 61.9 Å². The maximum atomic E-state index is 14.8. The van der Waals surface area contributed by atoms with Gasteiger partial charge in [-0.05, 0) is 142 Å². The molecule has 1 heterocycles. The van der Waals surface area contributed by atoms with E-state index in [0.717, 1.165) is 69.9 Å². The Balaban J connectivity index is 0.000000326. The molecule has 572 valence electrons. The second-order valence-corrected chi connectivity index (χ2v) is 29.4. The maximum absolute atomic E-state index is 14.8. The molecule has 4 N–H and O–H groups in total. The monoisotopic (exact) mass is 1470 g/mol. The summed E-state index contributed by atoms with van der Waals surface area (Å²) >= 11 is 0. The standard InChI is InChI=1S/C27H39N3O8.C24H40N3O5P.C22H37FN3O4P/c1-20(7-6-10-26(33)38-30-24(31)11-12-25(30)32)28-13-15-35-17-18-36-16-14-29-27(34)37-19-23-21-8-4-2-3-5-9-22(21)23;1-19(2)27(20(3)4)33(31-14-9-12-25)32-17-16-29-15-13-26-24(28)30-18-23-21-10-7-5-6-8-11-22(21)23;1-19(2)26(20(3)4)31(29-15-10-13-24)30-18-17-28-16-14-25-21(27)22(23)11-8-6-5-7-9-12-22/h21-23,28H,1,4-19H2,(H,29,34);19-23H,7-11,13-18H2,1-4H3,(H,26,28);19-20H,5-8,10-11,14-18H2,1-4H3,(H,25,27)/t21-,22+,23?;21-,22+,23?,33?;. The van der Waals surface area contributed by atoms with Crippen molar-refractivity contribution in [3.05, 3.63) is 12.3 Å². The summed E-state index contributed by atoms with van der Waals surface area (Å²) in [5.74, 6) is 19.4. The number of rotatable bonds is 46. The van der Waals surface area contributed by atoms with E-state index in [9.17, 15) is 33.2 Å². The SMILES string of the molecule is C=C(CCCC(=O)ON1C(=O)CCC1=O)NCCOCCOCCNC(=O)OCC1[C@H]2CCC#CCC[C@@H]12.CC(C)N(C(C)C)P(OCCC#N)OCCOCCNC(=O)C1(F)C#CCCCCC1.CC(C)N(C(C)C)P(OCCC#N)OCCOCCNC(=O)OCC1[C@H]2CCC#CCC[C@@H]12. The molecule has 9 atom stereocenters. The molecule has 0 aromatic carbocycles. The van der Waals surface area contributed by atoms with Gasteiger partial charge in [-0.15, -0.1) is 28.7 Å². The van der Waals surface area contributed by atoms with Gasteiger partial charge in [0.2, 0.25) is 5.67 Å². The minimum atomic E-state index is -2.10. The van der Waals surface area contributed by atoms with Gasteiger partial charge in [0.05, 0.1) is 117 Å². The average molecular weight is 1470 g/mol. The van der Waals surface area contributed by atoms with Crippen LogP contribution in [0.5, 0.6) is 0 Å². The predicted molar refractivity (Wildman–Crippen MR) is 384 cm³/mol. The van der Waals surface area contributed by atoms with Crippen LogP contribution in [0.15, 0.2) is 12.3 Å². The quantitative estimate of drug-likeness (QED) is 0.0190. The molecule has 0 radical (unpaired) electrons. The summed E-state index contributed by atoms with van der Waals surface area (Å²) in [4.78, 5) is 75.5. The van der Waals surface area contributed by atoms with Crippen LogP contribution in [0.25, 0.3) is 0 Å². The topological polar surface area (TPSA) is 309 Å². The number of nitrogens with one attached hydrogen (secondary N) is 4. The number of amides is 5. The minimum Gasteiger partial charge on any atom is -0.449 e. The number of nitrogens with zero attached hydrogens (tertiary/aromatic N) is 5. The second-order valence-electron chi connectivity index (χ2n) is 26.5. The van der Waals surface area contributed by atoms with Crippen molar-refractivity contribution in [1.82, 2.24) is 35.7 Å². The molecule has 1 saturated heterocycles. The zero-order valence-corrected chi connectivity index (χ0v) is 63.6. The van der Waals surface area contributed by atoms with Gasteiger partial charge in [-0.3, -0.25) is 14.4 Å². The molecule has 6 rings (SSSR count). The number of hydrogen-bond acceptors (Lipinski definition) is 22. The van der Waals surface area contributed by atoms with E-state index in [1.165, 1.54) is 0 Å². The number of allylic oxidation sites excluding steroid dienone is 1. The van der Waals surface area contributed by atoms with Gasteiger partial charge in [0, 0.05) is 114 Å². The van der Waals surface area contributed by atoms with E-state index in [2.05, 4.69) is 140 Å². The van der Waals surface area contributed by atoms with Crippen molar-refractivity contribution in [2.45, 2.75) is 214 Å². The lowest BCUT2D eigenvalue weighted by atomic mass is 9.94. The minimum absolute atomic E-state index is 0.0762. The van der Waals surface area contributed by atoms with Crippen molar-refractivity contribution in [2.75, 3.05) is 119 Å². The number of halogens is 1. The summed E-state index contributed by atoms with van der Waals surface area (Å²) in [6.07, 6.45) is 12.7. The highest BCUT2D eigenvalue weighted by Gasteiger charge is 2.50. The number of alkyl halides is 1. The van der Waals surface area contributed by atoms with Gasteiger partial charge in [0.1, 0.15) is 0 Å². The summed E-state index contributed by atoms with van der Waals surface area (Å²) in [6, 6.07) is 5.14. The molecular formula is C73H116FN9O17P2. The van der Waals surface area contributed by atoms with Crippen LogP contribution in [0.1, 0.15) is 184 Å². The highest BCUT2D eigenvalue weighted by atomic mass is 31.2. The molecule has 5 amide bonds. The third-order valence-corrected chi connectivity index (χ3v) is 21.5. The normalized spacial score (nSPS) is 21.5. The summed E-state index contributed by atoms with van der Waals surface area (Å²) in [5, 5.41) is 29.2. The van der Waals surface area contributed by atoms with Crippen molar-refractivity contribution in [2.24, 2.45) is 35.5 Å². The zero-order chi connectivity index (χ0) is 74.3. The number of hydroxylamine groups is 2. The molecule has 0 aromatic rings. The molecule has 29 heteroatoms.